The maximum absolute atomic E-state index is 13.5. The zero-order valence-corrected chi connectivity index (χ0v) is 19.2. The van der Waals surface area contributed by atoms with Gasteiger partial charge in [-0.2, -0.15) is 0 Å². The molecule has 2 aliphatic carbocycles. The Kier molecular flexibility index (Phi) is 6.71. The first kappa shape index (κ1) is 22.3. The third-order valence-electron chi connectivity index (χ3n) is 7.28. The van der Waals surface area contributed by atoms with Crippen LogP contribution in [0.15, 0.2) is 30.3 Å². The number of rotatable bonds is 4. The lowest BCUT2D eigenvalue weighted by Crippen LogP contribution is -2.48. The van der Waals surface area contributed by atoms with E-state index in [0.29, 0.717) is 17.4 Å². The van der Waals surface area contributed by atoms with Crippen molar-refractivity contribution in [3.05, 3.63) is 35.9 Å². The summed E-state index contributed by atoms with van der Waals surface area (Å²) in [7, 11) is 0. The molecule has 5 heteroatoms. The van der Waals surface area contributed by atoms with Crippen LogP contribution in [0.4, 0.5) is 0 Å². The third-order valence-corrected chi connectivity index (χ3v) is 7.28. The average Bonchev–Trinajstić information content (AvgIpc) is 3.08. The van der Waals surface area contributed by atoms with E-state index in [4.69, 9.17) is 9.57 Å². The van der Waals surface area contributed by atoms with Crippen molar-refractivity contribution in [2.45, 2.75) is 96.2 Å². The van der Waals surface area contributed by atoms with Gasteiger partial charge in [-0.05, 0) is 63.5 Å². The molecule has 4 atom stereocenters. The Morgan fingerprint density at radius 1 is 0.903 bits per heavy atom. The number of hydroxylamine groups is 2. The van der Waals surface area contributed by atoms with Crippen molar-refractivity contribution in [3.63, 3.8) is 0 Å². The molecule has 1 saturated heterocycles. The van der Waals surface area contributed by atoms with Gasteiger partial charge in [0.25, 0.3) is 0 Å². The van der Waals surface area contributed by atoms with Gasteiger partial charge in [-0.25, -0.2) is 4.79 Å². The van der Waals surface area contributed by atoms with Crippen LogP contribution in [0.25, 0.3) is 0 Å². The molecule has 31 heavy (non-hydrogen) atoms. The summed E-state index contributed by atoms with van der Waals surface area (Å²) in [5.74, 6) is 0.459. The highest BCUT2D eigenvalue weighted by Crippen LogP contribution is 2.50. The van der Waals surface area contributed by atoms with Crippen LogP contribution in [0.1, 0.15) is 88.9 Å². The summed E-state index contributed by atoms with van der Waals surface area (Å²) in [6, 6.07) is 8.66. The molecule has 170 valence electrons. The number of carbonyl (C=O) groups is 2. The molecule has 0 N–H and O–H groups in total. The molecule has 1 heterocycles. The molecular formula is C26H37NO4. The average molecular weight is 428 g/mol. The van der Waals surface area contributed by atoms with Crippen molar-refractivity contribution in [1.82, 2.24) is 5.06 Å². The molecular weight excluding hydrogens is 390 g/mol. The summed E-state index contributed by atoms with van der Waals surface area (Å²) in [6.07, 6.45) is 10.4. The van der Waals surface area contributed by atoms with Crippen LogP contribution in [0.2, 0.25) is 0 Å². The van der Waals surface area contributed by atoms with Crippen molar-refractivity contribution in [1.29, 1.82) is 0 Å². The Morgan fingerprint density at radius 3 is 2.23 bits per heavy atom. The Hall–Kier alpha value is -1.88. The van der Waals surface area contributed by atoms with Crippen molar-refractivity contribution in [2.24, 2.45) is 17.8 Å². The number of hydrogen-bond donors (Lipinski definition) is 0. The molecule has 0 aromatic heterocycles. The van der Waals surface area contributed by atoms with E-state index in [1.165, 1.54) is 25.7 Å². The minimum atomic E-state index is -0.572. The van der Waals surface area contributed by atoms with E-state index in [9.17, 15) is 9.59 Å². The fourth-order valence-corrected chi connectivity index (χ4v) is 6.11. The Labute approximate surface area is 186 Å². The van der Waals surface area contributed by atoms with Gasteiger partial charge in [-0.15, -0.1) is 5.06 Å². The first-order valence-corrected chi connectivity index (χ1v) is 12.1. The molecule has 0 bridgehead atoms. The molecule has 0 spiro atoms. The smallest absolute Gasteiger partial charge is 0.357 e. The van der Waals surface area contributed by atoms with Gasteiger partial charge in [0.1, 0.15) is 11.6 Å². The molecule has 1 aromatic rings. The van der Waals surface area contributed by atoms with E-state index in [-0.39, 0.29) is 23.9 Å². The molecule has 2 unspecified atom stereocenters. The monoisotopic (exact) mass is 427 g/mol. The number of benzene rings is 1. The molecule has 1 aliphatic heterocycles. The quantitative estimate of drug-likeness (QED) is 0.591. The van der Waals surface area contributed by atoms with Gasteiger partial charge in [0, 0.05) is 0 Å². The van der Waals surface area contributed by atoms with Crippen molar-refractivity contribution in [3.8, 4) is 0 Å². The predicted octanol–water partition coefficient (Wildman–Crippen LogP) is 5.54. The Bertz CT molecular complexity index is 765. The van der Waals surface area contributed by atoms with Gasteiger partial charge in [-0.1, -0.05) is 63.1 Å². The van der Waals surface area contributed by atoms with Crippen LogP contribution in [0, 0.1) is 17.8 Å². The standard InChI is InChI=1S/C26H37NO4/c1-26(2,3)30-25(29)23-22(18-12-6-4-7-13-18)20-16-10-11-17-21(20)27(23)31-24(28)19-14-8-5-9-15-19/h5,8-9,14-15,18,20-23H,4,6-7,10-13,16-17H2,1-3H3/t20?,21?,22-,23-/m0/s1. The summed E-state index contributed by atoms with van der Waals surface area (Å²) in [5.41, 5.74) is -0.0595. The number of nitrogens with zero attached hydrogens (tertiary/aromatic N) is 1. The van der Waals surface area contributed by atoms with Gasteiger partial charge in [0.05, 0.1) is 11.6 Å². The van der Waals surface area contributed by atoms with Crippen molar-refractivity contribution < 1.29 is 19.2 Å². The minimum absolute atomic E-state index is 0.103. The van der Waals surface area contributed by atoms with E-state index in [0.717, 1.165) is 32.1 Å². The zero-order chi connectivity index (χ0) is 22.0. The van der Waals surface area contributed by atoms with Crippen molar-refractivity contribution >= 4 is 11.9 Å². The SMILES string of the molecule is CC(C)(C)OC(=O)[C@@H]1[C@@H](C2CCCCC2)C2CCCCC2N1OC(=O)c1ccccc1. The lowest BCUT2D eigenvalue weighted by molar-refractivity contribution is -0.190. The normalized spacial score (nSPS) is 29.9. The second-order valence-corrected chi connectivity index (χ2v) is 10.6. The summed E-state index contributed by atoms with van der Waals surface area (Å²) in [5, 5.41) is 1.77. The highest BCUT2D eigenvalue weighted by atomic mass is 16.7. The lowest BCUT2D eigenvalue weighted by Gasteiger charge is -2.36. The molecule has 1 aromatic carbocycles. The molecule has 3 fully saturated rings. The number of carbonyl (C=O) groups excluding carboxylic acids is 2. The second-order valence-electron chi connectivity index (χ2n) is 10.6. The molecule has 0 radical (unpaired) electrons. The van der Waals surface area contributed by atoms with E-state index in [1.54, 1.807) is 17.2 Å². The third kappa shape index (κ3) is 4.97. The van der Waals surface area contributed by atoms with E-state index in [1.807, 2.05) is 39.0 Å². The summed E-state index contributed by atoms with van der Waals surface area (Å²) in [4.78, 5) is 32.6. The Morgan fingerprint density at radius 2 is 1.55 bits per heavy atom. The molecule has 4 rings (SSSR count). The fourth-order valence-electron chi connectivity index (χ4n) is 6.11. The van der Waals surface area contributed by atoms with Crippen LogP contribution in [0.3, 0.4) is 0 Å². The minimum Gasteiger partial charge on any atom is -0.459 e. The summed E-state index contributed by atoms with van der Waals surface area (Å²) < 4.78 is 5.89. The number of hydrogen-bond acceptors (Lipinski definition) is 5. The molecule has 2 saturated carbocycles. The number of ether oxygens (including phenoxy) is 1. The zero-order valence-electron chi connectivity index (χ0n) is 19.2. The highest BCUT2D eigenvalue weighted by Gasteiger charge is 2.57. The van der Waals surface area contributed by atoms with Gasteiger partial charge in [0.2, 0.25) is 0 Å². The molecule has 0 amide bonds. The van der Waals surface area contributed by atoms with Crippen LogP contribution in [-0.2, 0) is 14.4 Å². The number of esters is 1. The number of fused-ring (bicyclic) bond motifs is 1. The summed E-state index contributed by atoms with van der Waals surface area (Å²) in [6.45, 7) is 5.72. The van der Waals surface area contributed by atoms with Crippen LogP contribution in [0.5, 0.6) is 0 Å². The second kappa shape index (κ2) is 9.32. The van der Waals surface area contributed by atoms with Crippen LogP contribution >= 0.6 is 0 Å². The van der Waals surface area contributed by atoms with Gasteiger partial charge >= 0.3 is 11.9 Å². The van der Waals surface area contributed by atoms with Crippen molar-refractivity contribution in [2.75, 3.05) is 0 Å². The van der Waals surface area contributed by atoms with Gasteiger partial charge in [0.15, 0.2) is 0 Å². The van der Waals surface area contributed by atoms with E-state index >= 15 is 0 Å². The van der Waals surface area contributed by atoms with Crippen LogP contribution in [-0.4, -0.2) is 34.7 Å². The van der Waals surface area contributed by atoms with Gasteiger partial charge in [-0.3, -0.25) is 4.79 Å². The van der Waals surface area contributed by atoms with E-state index < -0.39 is 11.6 Å². The maximum atomic E-state index is 13.5. The van der Waals surface area contributed by atoms with E-state index in [2.05, 4.69) is 0 Å². The maximum Gasteiger partial charge on any atom is 0.357 e. The Balaban J connectivity index is 1.66. The first-order chi connectivity index (χ1) is 14.8. The predicted molar refractivity (Wildman–Crippen MR) is 119 cm³/mol. The lowest BCUT2D eigenvalue weighted by atomic mass is 9.68. The molecule has 3 aliphatic rings. The van der Waals surface area contributed by atoms with Gasteiger partial charge < -0.3 is 9.57 Å². The largest absolute Gasteiger partial charge is 0.459 e. The highest BCUT2D eigenvalue weighted by molar-refractivity contribution is 5.89. The summed E-state index contributed by atoms with van der Waals surface area (Å²) >= 11 is 0. The molecule has 5 nitrogen and oxygen atoms in total. The first-order valence-electron chi connectivity index (χ1n) is 12.1. The topological polar surface area (TPSA) is 55.8 Å². The fraction of sp³-hybridized carbons (Fsp3) is 0.692. The van der Waals surface area contributed by atoms with Crippen LogP contribution < -0.4 is 0 Å².